The standard InChI is InChI=1S/C19H16ClF4IN6O2S/c20-14-8-11(27-17-28-16(26)29-30-17)7-13(19(23,24)25)15(14)10-1-3-12(4-2-10)34(32,33)31-6-5-18(21,22)9-31/h1-4,7-8H,5-6,9H2,(H4,26,27,28,29,30). The molecule has 1 fully saturated rings. The van der Waals surface area contributed by atoms with Gasteiger partial charge >= 0.3 is 3.93 Å². The van der Waals surface area contributed by atoms with Gasteiger partial charge in [-0.1, -0.05) is 23.7 Å². The number of sulfonamides is 1. The lowest BCUT2D eigenvalue weighted by Crippen LogP contribution is -2.31. The Balaban J connectivity index is 1.69. The van der Waals surface area contributed by atoms with Crippen molar-refractivity contribution in [3.63, 3.8) is 0 Å². The fraction of sp³-hybridized carbons (Fsp3) is 0.263. The SMILES string of the molecule is Nc1nc(Nc2cc(Cl)c(-c3ccc(S(=O)(=O)N4CCC(F)(F)C4)cc3)c(C(F)(F)I)c2)n[nH]1. The van der Waals surface area contributed by atoms with Crippen LogP contribution in [0.1, 0.15) is 12.0 Å². The first-order chi connectivity index (χ1) is 15.8. The maximum absolute atomic E-state index is 14.5. The lowest BCUT2D eigenvalue weighted by molar-refractivity contribution is 0.0183. The van der Waals surface area contributed by atoms with Crippen LogP contribution in [0, 0.1) is 0 Å². The first kappa shape index (κ1) is 24.9. The van der Waals surface area contributed by atoms with Crippen molar-refractivity contribution in [1.29, 1.82) is 0 Å². The Hall–Kier alpha value is -2.17. The molecule has 0 bridgehead atoms. The molecular weight excluding hydrogens is 615 g/mol. The Morgan fingerprint density at radius 2 is 1.91 bits per heavy atom. The van der Waals surface area contributed by atoms with Crippen LogP contribution in [0.2, 0.25) is 5.02 Å². The van der Waals surface area contributed by atoms with Gasteiger partial charge in [0.05, 0.1) is 16.5 Å². The number of anilines is 3. The third-order valence-corrected chi connectivity index (χ3v) is 7.81. The van der Waals surface area contributed by atoms with Crippen molar-refractivity contribution < 1.29 is 26.0 Å². The predicted octanol–water partition coefficient (Wildman–Crippen LogP) is 4.96. The second-order valence-electron chi connectivity index (χ2n) is 7.52. The van der Waals surface area contributed by atoms with Crippen LogP contribution in [0.5, 0.6) is 0 Å². The predicted molar refractivity (Wildman–Crippen MR) is 127 cm³/mol. The number of nitrogens with zero attached hydrogens (tertiary/aromatic N) is 3. The van der Waals surface area contributed by atoms with Crippen LogP contribution >= 0.6 is 34.2 Å². The third-order valence-electron chi connectivity index (χ3n) is 5.07. The number of halogens is 6. The molecule has 1 saturated heterocycles. The van der Waals surface area contributed by atoms with Crippen molar-refractivity contribution in [2.45, 2.75) is 21.2 Å². The summed E-state index contributed by atoms with van der Waals surface area (Å²) in [5.74, 6) is -3.02. The summed E-state index contributed by atoms with van der Waals surface area (Å²) in [5, 5.41) is 8.86. The number of aromatic nitrogens is 3. The summed E-state index contributed by atoms with van der Waals surface area (Å²) in [6.07, 6.45) is -0.561. The van der Waals surface area contributed by atoms with E-state index < -0.39 is 38.4 Å². The van der Waals surface area contributed by atoms with Gasteiger partial charge in [-0.15, -0.1) is 5.10 Å². The molecule has 0 radical (unpaired) electrons. The molecule has 0 aliphatic carbocycles. The van der Waals surface area contributed by atoms with E-state index in [1.165, 1.54) is 30.3 Å². The van der Waals surface area contributed by atoms with E-state index in [9.17, 15) is 26.0 Å². The van der Waals surface area contributed by atoms with E-state index in [2.05, 4.69) is 20.5 Å². The van der Waals surface area contributed by atoms with Gasteiger partial charge in [0, 0.05) is 52.4 Å². The smallest absolute Gasteiger partial charge is 0.322 e. The number of nitrogens with one attached hydrogen (secondary N) is 2. The van der Waals surface area contributed by atoms with E-state index in [-0.39, 0.29) is 45.2 Å². The zero-order valence-electron chi connectivity index (χ0n) is 17.0. The van der Waals surface area contributed by atoms with Gasteiger partial charge in [0.15, 0.2) is 0 Å². The Labute approximate surface area is 210 Å². The van der Waals surface area contributed by atoms with Gasteiger partial charge in [-0.2, -0.15) is 18.1 Å². The number of H-pyrrole nitrogens is 1. The number of rotatable bonds is 6. The molecule has 34 heavy (non-hydrogen) atoms. The molecule has 1 aliphatic heterocycles. The number of aromatic amines is 1. The summed E-state index contributed by atoms with van der Waals surface area (Å²) in [4.78, 5) is 3.61. The molecule has 2 aromatic carbocycles. The summed E-state index contributed by atoms with van der Waals surface area (Å²) >= 11 is 7.31. The van der Waals surface area contributed by atoms with Gasteiger partial charge in [0.1, 0.15) is 0 Å². The van der Waals surface area contributed by atoms with Gasteiger partial charge in [-0.05, 0) is 29.8 Å². The highest BCUT2D eigenvalue weighted by molar-refractivity contribution is 14.1. The fourth-order valence-corrected chi connectivity index (χ4v) is 5.73. The van der Waals surface area contributed by atoms with Crippen LogP contribution in [0.4, 0.5) is 35.1 Å². The fourth-order valence-electron chi connectivity index (χ4n) is 3.51. The molecule has 182 valence electrons. The van der Waals surface area contributed by atoms with Crippen LogP contribution in [0.15, 0.2) is 41.3 Å². The monoisotopic (exact) mass is 630 g/mol. The third kappa shape index (κ3) is 5.08. The molecule has 0 unspecified atom stereocenters. The highest BCUT2D eigenvalue weighted by atomic mass is 127. The summed E-state index contributed by atoms with van der Waals surface area (Å²) in [5.41, 5.74) is 5.39. The molecule has 3 aromatic rings. The molecule has 0 spiro atoms. The molecule has 1 aromatic heterocycles. The van der Waals surface area contributed by atoms with Crippen LogP contribution in [0.3, 0.4) is 0 Å². The Kier molecular flexibility index (Phi) is 6.46. The average Bonchev–Trinajstić information content (AvgIpc) is 3.32. The summed E-state index contributed by atoms with van der Waals surface area (Å²) < 4.78 is 78.8. The number of hydrogen-bond donors (Lipinski definition) is 3. The number of benzene rings is 2. The Morgan fingerprint density at radius 1 is 1.24 bits per heavy atom. The van der Waals surface area contributed by atoms with Crippen molar-refractivity contribution in [2.24, 2.45) is 0 Å². The van der Waals surface area contributed by atoms with Crippen molar-refractivity contribution >= 4 is 61.8 Å². The van der Waals surface area contributed by atoms with Gasteiger partial charge in [0.2, 0.25) is 21.9 Å². The molecule has 8 nitrogen and oxygen atoms in total. The first-order valence-electron chi connectivity index (χ1n) is 9.60. The minimum absolute atomic E-state index is 0.0160. The molecule has 0 saturated carbocycles. The van der Waals surface area contributed by atoms with Gasteiger partial charge in [-0.25, -0.2) is 22.3 Å². The largest absolute Gasteiger partial charge is 0.368 e. The molecule has 0 amide bonds. The molecular formula is C19H16ClF4IN6O2S. The van der Waals surface area contributed by atoms with Crippen molar-refractivity contribution in [3.05, 3.63) is 47.0 Å². The number of alkyl halides is 5. The average molecular weight is 631 g/mol. The minimum Gasteiger partial charge on any atom is -0.368 e. The Morgan fingerprint density at radius 3 is 2.44 bits per heavy atom. The number of nitrogens with two attached hydrogens (primary N) is 1. The van der Waals surface area contributed by atoms with E-state index in [0.717, 1.165) is 28.7 Å². The van der Waals surface area contributed by atoms with E-state index in [1.54, 1.807) is 0 Å². The minimum atomic E-state index is -4.16. The van der Waals surface area contributed by atoms with E-state index in [0.29, 0.717) is 4.31 Å². The molecule has 2 heterocycles. The highest BCUT2D eigenvalue weighted by Gasteiger charge is 2.43. The number of hydrogen-bond acceptors (Lipinski definition) is 6. The quantitative estimate of drug-likeness (QED) is 0.201. The molecule has 1 aliphatic rings. The van der Waals surface area contributed by atoms with Crippen molar-refractivity contribution in [3.8, 4) is 11.1 Å². The molecule has 15 heteroatoms. The lowest BCUT2D eigenvalue weighted by atomic mass is 9.99. The van der Waals surface area contributed by atoms with Crippen molar-refractivity contribution in [1.82, 2.24) is 19.5 Å². The Bertz CT molecular complexity index is 1330. The lowest BCUT2D eigenvalue weighted by Gasteiger charge is -2.19. The molecule has 4 N–H and O–H groups in total. The summed E-state index contributed by atoms with van der Waals surface area (Å²) in [7, 11) is -4.16. The second kappa shape index (κ2) is 8.80. The van der Waals surface area contributed by atoms with Gasteiger partial charge < -0.3 is 11.1 Å². The number of nitrogen functional groups attached to an aromatic ring is 1. The van der Waals surface area contributed by atoms with E-state index >= 15 is 0 Å². The maximum atomic E-state index is 14.5. The first-order valence-corrected chi connectivity index (χ1v) is 12.5. The van der Waals surface area contributed by atoms with Crippen LogP contribution in [0.25, 0.3) is 11.1 Å². The second-order valence-corrected chi connectivity index (χ2v) is 11.2. The zero-order valence-corrected chi connectivity index (χ0v) is 20.7. The molecule has 0 atom stereocenters. The van der Waals surface area contributed by atoms with Gasteiger partial charge in [-0.3, -0.25) is 0 Å². The summed E-state index contributed by atoms with van der Waals surface area (Å²) in [6, 6.07) is 7.50. The summed E-state index contributed by atoms with van der Waals surface area (Å²) in [6.45, 7) is -1.21. The normalized spacial score (nSPS) is 16.6. The van der Waals surface area contributed by atoms with E-state index in [1.807, 2.05) is 0 Å². The highest BCUT2D eigenvalue weighted by Crippen LogP contribution is 2.46. The van der Waals surface area contributed by atoms with E-state index in [4.69, 9.17) is 17.3 Å². The van der Waals surface area contributed by atoms with Crippen molar-refractivity contribution in [2.75, 3.05) is 24.1 Å². The zero-order chi connectivity index (χ0) is 24.9. The van der Waals surface area contributed by atoms with Crippen LogP contribution in [-0.4, -0.2) is 46.9 Å². The maximum Gasteiger partial charge on any atom is 0.322 e. The van der Waals surface area contributed by atoms with Gasteiger partial charge in [0.25, 0.3) is 5.92 Å². The van der Waals surface area contributed by atoms with Crippen LogP contribution in [-0.2, 0) is 14.0 Å². The molecule has 4 rings (SSSR count). The topological polar surface area (TPSA) is 117 Å². The van der Waals surface area contributed by atoms with Crippen LogP contribution < -0.4 is 11.1 Å².